The van der Waals surface area contributed by atoms with E-state index in [4.69, 9.17) is 4.98 Å². The monoisotopic (exact) mass is 348 g/mol. The molecule has 4 rings (SSSR count). The van der Waals surface area contributed by atoms with Crippen LogP contribution in [0.25, 0.3) is 11.5 Å². The fraction of sp³-hybridized carbons (Fsp3) is 0.400. The maximum atomic E-state index is 4.79. The van der Waals surface area contributed by atoms with Gasteiger partial charge in [-0.3, -0.25) is 0 Å². The molecule has 0 spiro atoms. The summed E-state index contributed by atoms with van der Waals surface area (Å²) >= 11 is 0. The van der Waals surface area contributed by atoms with Crippen LogP contribution < -0.4 is 4.90 Å². The molecular formula is C20H24N6. The first kappa shape index (κ1) is 16.7. The summed E-state index contributed by atoms with van der Waals surface area (Å²) < 4.78 is 2.00. The summed E-state index contributed by atoms with van der Waals surface area (Å²) in [4.78, 5) is 20.7. The second-order valence-electron chi connectivity index (χ2n) is 7.00. The molecule has 0 atom stereocenters. The summed E-state index contributed by atoms with van der Waals surface area (Å²) in [6.45, 7) is 4.11. The van der Waals surface area contributed by atoms with Crippen molar-refractivity contribution >= 4 is 5.82 Å². The third-order valence-corrected chi connectivity index (χ3v) is 5.01. The third kappa shape index (κ3) is 3.59. The zero-order valence-corrected chi connectivity index (χ0v) is 15.3. The van der Waals surface area contributed by atoms with Crippen molar-refractivity contribution in [2.45, 2.75) is 26.2 Å². The average Bonchev–Trinajstić information content (AvgIpc) is 3.09. The summed E-state index contributed by atoms with van der Waals surface area (Å²) in [6, 6.07) is 8.11. The van der Waals surface area contributed by atoms with Gasteiger partial charge in [0.25, 0.3) is 0 Å². The Morgan fingerprint density at radius 2 is 1.92 bits per heavy atom. The van der Waals surface area contributed by atoms with Gasteiger partial charge in [0.05, 0.1) is 0 Å². The molecule has 1 aliphatic heterocycles. The van der Waals surface area contributed by atoms with E-state index < -0.39 is 0 Å². The third-order valence-electron chi connectivity index (χ3n) is 5.01. The minimum absolute atomic E-state index is 0.617. The van der Waals surface area contributed by atoms with Crippen LogP contribution in [-0.2, 0) is 13.5 Å². The zero-order chi connectivity index (χ0) is 17.9. The van der Waals surface area contributed by atoms with Gasteiger partial charge in [0.2, 0.25) is 0 Å². The van der Waals surface area contributed by atoms with Crippen LogP contribution in [0.4, 0.5) is 5.82 Å². The van der Waals surface area contributed by atoms with Crippen LogP contribution in [0.1, 0.15) is 24.4 Å². The standard InChI is InChI=1S/C20H24N6/c1-15-13-17(20-22-9-12-25(20)2)24-18(23-15)14-16-6-10-26(11-7-16)19-5-3-4-8-21-19/h3-5,8-9,12-13,16H,6-7,10-11,14H2,1-2H3. The van der Waals surface area contributed by atoms with Gasteiger partial charge in [-0.2, -0.15) is 0 Å². The number of hydrogen-bond acceptors (Lipinski definition) is 5. The lowest BCUT2D eigenvalue weighted by atomic mass is 9.93. The van der Waals surface area contributed by atoms with Crippen LogP contribution in [0.5, 0.6) is 0 Å². The molecule has 0 radical (unpaired) electrons. The topological polar surface area (TPSA) is 59.7 Å². The average molecular weight is 348 g/mol. The van der Waals surface area contributed by atoms with Gasteiger partial charge in [0, 0.05) is 50.8 Å². The minimum Gasteiger partial charge on any atom is -0.357 e. The molecule has 1 fully saturated rings. The fourth-order valence-electron chi connectivity index (χ4n) is 3.61. The number of imidazole rings is 1. The van der Waals surface area contributed by atoms with Crippen molar-refractivity contribution in [2.24, 2.45) is 13.0 Å². The quantitative estimate of drug-likeness (QED) is 0.725. The Morgan fingerprint density at radius 1 is 1.08 bits per heavy atom. The van der Waals surface area contributed by atoms with Crippen molar-refractivity contribution in [1.29, 1.82) is 0 Å². The van der Waals surface area contributed by atoms with Crippen LogP contribution >= 0.6 is 0 Å². The zero-order valence-electron chi connectivity index (χ0n) is 15.3. The molecule has 0 saturated carbocycles. The molecule has 3 aromatic rings. The Labute approximate surface area is 154 Å². The summed E-state index contributed by atoms with van der Waals surface area (Å²) in [5, 5.41) is 0. The minimum atomic E-state index is 0.617. The number of anilines is 1. The molecular weight excluding hydrogens is 324 g/mol. The summed E-state index contributed by atoms with van der Waals surface area (Å²) in [7, 11) is 1.99. The summed E-state index contributed by atoms with van der Waals surface area (Å²) in [5.74, 6) is 3.52. The number of hydrogen-bond donors (Lipinski definition) is 0. The van der Waals surface area contributed by atoms with Gasteiger partial charge in [-0.15, -0.1) is 0 Å². The second-order valence-corrected chi connectivity index (χ2v) is 7.00. The number of nitrogens with zero attached hydrogens (tertiary/aromatic N) is 6. The highest BCUT2D eigenvalue weighted by Crippen LogP contribution is 2.24. The SMILES string of the molecule is Cc1cc(-c2nccn2C)nc(CC2CCN(c3ccccn3)CC2)n1. The Balaban J connectivity index is 1.44. The molecule has 0 N–H and O–H groups in total. The van der Waals surface area contributed by atoms with E-state index >= 15 is 0 Å². The Morgan fingerprint density at radius 3 is 2.62 bits per heavy atom. The lowest BCUT2D eigenvalue weighted by molar-refractivity contribution is 0.395. The number of pyridine rings is 1. The second kappa shape index (κ2) is 7.23. The van der Waals surface area contributed by atoms with E-state index in [2.05, 4.69) is 25.9 Å². The lowest BCUT2D eigenvalue weighted by Gasteiger charge is -2.32. The molecule has 4 heterocycles. The molecule has 1 aliphatic rings. The molecule has 0 aromatic carbocycles. The van der Waals surface area contributed by atoms with Crippen LogP contribution in [0.15, 0.2) is 42.9 Å². The van der Waals surface area contributed by atoms with Crippen LogP contribution in [0.2, 0.25) is 0 Å². The van der Waals surface area contributed by atoms with Crippen LogP contribution in [0.3, 0.4) is 0 Å². The van der Waals surface area contributed by atoms with E-state index in [1.807, 2.05) is 49.1 Å². The predicted molar refractivity (Wildman–Crippen MR) is 102 cm³/mol. The number of aromatic nitrogens is 5. The normalized spacial score (nSPS) is 15.4. The molecule has 0 aliphatic carbocycles. The van der Waals surface area contributed by atoms with E-state index in [1.54, 1.807) is 6.20 Å². The predicted octanol–water partition coefficient (Wildman–Crippen LogP) is 3.04. The van der Waals surface area contributed by atoms with E-state index in [-0.39, 0.29) is 0 Å². The van der Waals surface area contributed by atoms with E-state index in [9.17, 15) is 0 Å². The van der Waals surface area contributed by atoms with Crippen molar-refractivity contribution in [3.8, 4) is 11.5 Å². The first-order chi connectivity index (χ1) is 12.7. The first-order valence-corrected chi connectivity index (χ1v) is 9.17. The van der Waals surface area contributed by atoms with Gasteiger partial charge >= 0.3 is 0 Å². The lowest BCUT2D eigenvalue weighted by Crippen LogP contribution is -2.35. The van der Waals surface area contributed by atoms with Crippen molar-refractivity contribution < 1.29 is 0 Å². The van der Waals surface area contributed by atoms with Crippen molar-refractivity contribution in [2.75, 3.05) is 18.0 Å². The van der Waals surface area contributed by atoms with Gasteiger partial charge in [-0.05, 0) is 43.9 Å². The molecule has 0 bridgehead atoms. The Bertz CT molecular complexity index is 865. The maximum Gasteiger partial charge on any atom is 0.158 e. The molecule has 1 saturated heterocycles. The molecule has 134 valence electrons. The van der Waals surface area contributed by atoms with Gasteiger partial charge in [0.15, 0.2) is 5.82 Å². The van der Waals surface area contributed by atoms with Gasteiger partial charge in [-0.1, -0.05) is 6.07 Å². The molecule has 3 aromatic heterocycles. The largest absolute Gasteiger partial charge is 0.357 e. The molecule has 6 heteroatoms. The smallest absolute Gasteiger partial charge is 0.158 e. The Hall–Kier alpha value is -2.76. The summed E-state index contributed by atoms with van der Waals surface area (Å²) in [5.41, 5.74) is 1.91. The maximum absolute atomic E-state index is 4.79. The number of aryl methyl sites for hydroxylation is 2. The van der Waals surface area contributed by atoms with Gasteiger partial charge < -0.3 is 9.47 Å². The number of piperidine rings is 1. The van der Waals surface area contributed by atoms with Gasteiger partial charge in [-0.25, -0.2) is 19.9 Å². The first-order valence-electron chi connectivity index (χ1n) is 9.17. The summed E-state index contributed by atoms with van der Waals surface area (Å²) in [6.07, 6.45) is 8.83. The highest BCUT2D eigenvalue weighted by Gasteiger charge is 2.21. The molecule has 0 unspecified atom stereocenters. The van der Waals surface area contributed by atoms with Crippen molar-refractivity contribution in [1.82, 2.24) is 24.5 Å². The highest BCUT2D eigenvalue weighted by atomic mass is 15.2. The van der Waals surface area contributed by atoms with E-state index in [1.165, 1.54) is 0 Å². The molecule has 26 heavy (non-hydrogen) atoms. The van der Waals surface area contributed by atoms with Crippen molar-refractivity contribution in [3.63, 3.8) is 0 Å². The van der Waals surface area contributed by atoms with Crippen molar-refractivity contribution in [3.05, 3.63) is 54.4 Å². The molecule has 0 amide bonds. The van der Waals surface area contributed by atoms with Gasteiger partial charge in [0.1, 0.15) is 17.3 Å². The molecule has 6 nitrogen and oxygen atoms in total. The van der Waals surface area contributed by atoms with Crippen LogP contribution in [-0.4, -0.2) is 37.6 Å². The Kier molecular flexibility index (Phi) is 4.65. The fourth-order valence-corrected chi connectivity index (χ4v) is 3.61. The number of rotatable bonds is 4. The van der Waals surface area contributed by atoms with E-state index in [0.29, 0.717) is 5.92 Å². The van der Waals surface area contributed by atoms with E-state index in [0.717, 1.165) is 61.2 Å². The highest BCUT2D eigenvalue weighted by molar-refractivity contribution is 5.50. The van der Waals surface area contributed by atoms with Crippen LogP contribution in [0, 0.1) is 12.8 Å².